The Morgan fingerprint density at radius 2 is 2.03 bits per heavy atom. The number of hydrogen-bond donors (Lipinski definition) is 1. The Labute approximate surface area is 178 Å². The third-order valence-electron chi connectivity index (χ3n) is 5.67. The number of methoxy groups -OCH3 is 1. The molecule has 0 bridgehead atoms. The van der Waals surface area contributed by atoms with Gasteiger partial charge in [0, 0.05) is 34.4 Å². The van der Waals surface area contributed by atoms with Crippen molar-refractivity contribution in [2.24, 2.45) is 5.92 Å². The first-order valence-corrected chi connectivity index (χ1v) is 10.8. The maximum absolute atomic E-state index is 13.7. The number of ether oxygens (including phenoxy) is 2. The molecule has 6 nitrogen and oxygen atoms in total. The first-order valence-electron chi connectivity index (χ1n) is 9.94. The molecule has 3 atom stereocenters. The molecule has 2 heterocycles. The lowest BCUT2D eigenvalue weighted by Crippen LogP contribution is -2.44. The number of ketones is 1. The van der Waals surface area contributed by atoms with Crippen LogP contribution in [0.3, 0.4) is 0 Å². The number of esters is 1. The van der Waals surface area contributed by atoms with E-state index >= 15 is 0 Å². The van der Waals surface area contributed by atoms with Gasteiger partial charge in [0.15, 0.2) is 5.78 Å². The number of thiophene rings is 1. The van der Waals surface area contributed by atoms with Gasteiger partial charge in [-0.25, -0.2) is 0 Å². The van der Waals surface area contributed by atoms with Crippen LogP contribution in [0, 0.1) is 5.92 Å². The van der Waals surface area contributed by atoms with Crippen molar-refractivity contribution in [1.29, 1.82) is 0 Å². The molecule has 1 aromatic heterocycles. The normalized spacial score (nSPS) is 23.6. The van der Waals surface area contributed by atoms with E-state index in [-0.39, 0.29) is 30.6 Å². The number of allylic oxidation sites excluding steroid dienone is 2. The van der Waals surface area contributed by atoms with Gasteiger partial charge in [0.2, 0.25) is 5.91 Å². The zero-order valence-electron chi connectivity index (χ0n) is 16.8. The Bertz CT molecular complexity index is 1010. The van der Waals surface area contributed by atoms with E-state index in [1.807, 2.05) is 41.8 Å². The third kappa shape index (κ3) is 3.65. The molecule has 0 saturated heterocycles. The highest BCUT2D eigenvalue weighted by Gasteiger charge is 2.48. The zero-order valence-corrected chi connectivity index (χ0v) is 17.7. The fourth-order valence-corrected chi connectivity index (χ4v) is 5.23. The van der Waals surface area contributed by atoms with Crippen molar-refractivity contribution in [3.63, 3.8) is 0 Å². The topological polar surface area (TPSA) is 81.7 Å². The molecule has 1 amide bonds. The minimum atomic E-state index is -0.912. The smallest absolute Gasteiger partial charge is 0.317 e. The van der Waals surface area contributed by atoms with E-state index < -0.39 is 17.8 Å². The Hall–Kier alpha value is -2.93. The second-order valence-electron chi connectivity index (χ2n) is 7.39. The molecule has 1 N–H and O–H groups in total. The molecule has 0 fully saturated rings. The molecule has 0 saturated carbocycles. The lowest BCUT2D eigenvalue weighted by molar-refractivity contribution is -0.152. The van der Waals surface area contributed by atoms with Crippen LogP contribution >= 0.6 is 11.3 Å². The molecule has 0 unspecified atom stereocenters. The number of amides is 1. The summed E-state index contributed by atoms with van der Waals surface area (Å²) in [5.41, 5.74) is 1.94. The average molecular weight is 426 g/mol. The molecule has 7 heteroatoms. The molecule has 1 aliphatic heterocycles. The first kappa shape index (κ1) is 20.3. The van der Waals surface area contributed by atoms with E-state index in [9.17, 15) is 14.4 Å². The van der Waals surface area contributed by atoms with Crippen LogP contribution in [0.5, 0.6) is 5.75 Å². The summed E-state index contributed by atoms with van der Waals surface area (Å²) in [5, 5.41) is 4.82. The molecular formula is C23H23NO5S. The van der Waals surface area contributed by atoms with Crippen LogP contribution in [0.2, 0.25) is 0 Å². The van der Waals surface area contributed by atoms with Crippen molar-refractivity contribution in [1.82, 2.24) is 5.32 Å². The number of carbonyl (C=O) groups excluding carboxylic acids is 3. The quantitative estimate of drug-likeness (QED) is 0.585. The summed E-state index contributed by atoms with van der Waals surface area (Å²) in [6.07, 6.45) is 0.564. The van der Waals surface area contributed by atoms with Crippen LogP contribution in [0.25, 0.3) is 0 Å². The van der Waals surface area contributed by atoms with Crippen molar-refractivity contribution < 1.29 is 23.9 Å². The van der Waals surface area contributed by atoms with E-state index in [1.165, 1.54) is 11.3 Å². The highest BCUT2D eigenvalue weighted by molar-refractivity contribution is 7.10. The standard InChI is InChI=1S/C23H23NO5S/c1-3-29-23(27)21-16(18-8-5-9-30-18)11-17-20(22(21)26)15(12-19(25)24-17)13-6-4-7-14(10-13)28-2/h4-10,15-16,21H,3,11-12H2,1-2H3,(H,24,25)/t15-,16+,21-/m0/s1. The maximum Gasteiger partial charge on any atom is 0.317 e. The minimum absolute atomic E-state index is 0.131. The molecular weight excluding hydrogens is 402 g/mol. The molecule has 1 aliphatic carbocycles. The maximum atomic E-state index is 13.7. The molecule has 0 spiro atoms. The van der Waals surface area contributed by atoms with E-state index in [1.54, 1.807) is 14.0 Å². The van der Waals surface area contributed by atoms with Gasteiger partial charge in [-0.2, -0.15) is 0 Å². The van der Waals surface area contributed by atoms with Gasteiger partial charge in [0.1, 0.15) is 11.7 Å². The van der Waals surface area contributed by atoms with Crippen LogP contribution in [0.1, 0.15) is 42.0 Å². The number of Topliss-reactive ketones (excluding diaryl/α,β-unsaturated/α-hetero) is 1. The summed E-state index contributed by atoms with van der Waals surface area (Å²) in [6.45, 7) is 1.94. The van der Waals surface area contributed by atoms with Crippen LogP contribution in [-0.4, -0.2) is 31.4 Å². The predicted octanol–water partition coefficient (Wildman–Crippen LogP) is 3.55. The van der Waals surface area contributed by atoms with Crippen molar-refractivity contribution in [3.05, 3.63) is 63.5 Å². The highest BCUT2D eigenvalue weighted by atomic mass is 32.1. The molecule has 30 heavy (non-hydrogen) atoms. The molecule has 4 rings (SSSR count). The number of rotatable bonds is 5. The number of hydrogen-bond acceptors (Lipinski definition) is 6. The summed E-state index contributed by atoms with van der Waals surface area (Å²) in [7, 11) is 1.57. The number of carbonyl (C=O) groups is 3. The van der Waals surface area contributed by atoms with Crippen molar-refractivity contribution >= 4 is 29.0 Å². The van der Waals surface area contributed by atoms with Gasteiger partial charge in [-0.1, -0.05) is 18.2 Å². The summed E-state index contributed by atoms with van der Waals surface area (Å²) >= 11 is 1.50. The second kappa shape index (κ2) is 8.44. The number of benzene rings is 1. The van der Waals surface area contributed by atoms with Crippen LogP contribution in [0.4, 0.5) is 0 Å². The van der Waals surface area contributed by atoms with Crippen LogP contribution < -0.4 is 10.1 Å². The van der Waals surface area contributed by atoms with Crippen molar-refractivity contribution in [2.45, 2.75) is 31.6 Å². The second-order valence-corrected chi connectivity index (χ2v) is 8.37. The van der Waals surface area contributed by atoms with Gasteiger partial charge in [0.05, 0.1) is 13.7 Å². The average Bonchev–Trinajstić information content (AvgIpc) is 3.27. The zero-order chi connectivity index (χ0) is 21.3. The van der Waals surface area contributed by atoms with Gasteiger partial charge >= 0.3 is 5.97 Å². The Morgan fingerprint density at radius 1 is 1.20 bits per heavy atom. The van der Waals surface area contributed by atoms with E-state index in [2.05, 4.69) is 5.32 Å². The van der Waals surface area contributed by atoms with E-state index in [0.717, 1.165) is 10.4 Å². The van der Waals surface area contributed by atoms with Gasteiger partial charge < -0.3 is 14.8 Å². The predicted molar refractivity (Wildman–Crippen MR) is 112 cm³/mol. The molecule has 1 aromatic carbocycles. The molecule has 2 aromatic rings. The lowest BCUT2D eigenvalue weighted by Gasteiger charge is -2.37. The van der Waals surface area contributed by atoms with Crippen LogP contribution in [0.15, 0.2) is 53.0 Å². The minimum Gasteiger partial charge on any atom is -0.497 e. The fourth-order valence-electron chi connectivity index (χ4n) is 4.37. The SMILES string of the molecule is CCOC(=O)[C@@H]1C(=O)C2=C(C[C@@H]1c1cccs1)NC(=O)C[C@H]2c1cccc(OC)c1. The Balaban J connectivity index is 1.81. The van der Waals surface area contributed by atoms with Gasteiger partial charge in [-0.15, -0.1) is 11.3 Å². The van der Waals surface area contributed by atoms with E-state index in [0.29, 0.717) is 23.4 Å². The highest BCUT2D eigenvalue weighted by Crippen LogP contribution is 2.46. The number of nitrogens with one attached hydrogen (secondary N) is 1. The van der Waals surface area contributed by atoms with Gasteiger partial charge in [-0.05, 0) is 42.5 Å². The summed E-state index contributed by atoms with van der Waals surface area (Å²) < 4.78 is 10.6. The summed E-state index contributed by atoms with van der Waals surface area (Å²) in [5.74, 6) is -1.92. The summed E-state index contributed by atoms with van der Waals surface area (Å²) in [4.78, 5) is 40.0. The van der Waals surface area contributed by atoms with E-state index in [4.69, 9.17) is 9.47 Å². The van der Waals surface area contributed by atoms with Crippen LogP contribution in [-0.2, 0) is 19.1 Å². The van der Waals surface area contributed by atoms with Gasteiger partial charge in [-0.3, -0.25) is 14.4 Å². The van der Waals surface area contributed by atoms with Gasteiger partial charge in [0.25, 0.3) is 0 Å². The molecule has 2 aliphatic rings. The lowest BCUT2D eigenvalue weighted by atomic mass is 9.69. The molecule has 0 radical (unpaired) electrons. The van der Waals surface area contributed by atoms with Crippen molar-refractivity contribution in [3.8, 4) is 5.75 Å². The summed E-state index contributed by atoms with van der Waals surface area (Å²) in [6, 6.07) is 11.2. The first-order chi connectivity index (χ1) is 14.5. The Morgan fingerprint density at radius 3 is 2.73 bits per heavy atom. The third-order valence-corrected chi connectivity index (χ3v) is 6.68. The Kier molecular flexibility index (Phi) is 5.72. The van der Waals surface area contributed by atoms with Crippen molar-refractivity contribution in [2.75, 3.05) is 13.7 Å². The fraction of sp³-hybridized carbons (Fsp3) is 0.348. The monoisotopic (exact) mass is 425 g/mol. The largest absolute Gasteiger partial charge is 0.497 e. The molecule has 156 valence electrons.